The first kappa shape index (κ1) is 17.4. The van der Waals surface area contributed by atoms with Gasteiger partial charge >= 0.3 is 0 Å². The van der Waals surface area contributed by atoms with Crippen molar-refractivity contribution >= 4 is 35.6 Å². The zero-order valence-corrected chi connectivity index (χ0v) is 12.1. The maximum absolute atomic E-state index is 11.7. The average molecular weight is 286 g/mol. The molecule has 0 aliphatic rings. The predicted molar refractivity (Wildman–Crippen MR) is 79.4 cm³/mol. The average Bonchev–Trinajstić information content (AvgIpc) is 2.29. The molecule has 5 nitrogen and oxygen atoms in total. The van der Waals surface area contributed by atoms with Crippen molar-refractivity contribution in [3.8, 4) is 0 Å². The number of amides is 2. The Morgan fingerprint density at radius 1 is 1.05 bits per heavy atom. The number of hydrogen-bond donors (Lipinski definition) is 3. The number of carbonyl (C=O) groups is 2. The molecule has 0 aliphatic carbocycles. The molecule has 19 heavy (non-hydrogen) atoms. The molecule has 0 fully saturated rings. The Morgan fingerprint density at radius 2 is 1.47 bits per heavy atom. The van der Waals surface area contributed by atoms with E-state index in [2.05, 4.69) is 10.6 Å². The monoisotopic (exact) mass is 285 g/mol. The lowest BCUT2D eigenvalue weighted by Gasteiger charge is -2.15. The van der Waals surface area contributed by atoms with Crippen molar-refractivity contribution in [1.82, 2.24) is 0 Å². The van der Waals surface area contributed by atoms with Gasteiger partial charge in [-0.05, 0) is 30.2 Å². The SMILES string of the molecule is CC(=O)Nc1ccc(NC(=O)[C@H](N)C(C)C)cc1.Cl. The molecule has 1 atom stereocenters. The van der Waals surface area contributed by atoms with Crippen LogP contribution in [0.5, 0.6) is 0 Å². The normalized spacial score (nSPS) is 11.4. The molecule has 0 unspecified atom stereocenters. The van der Waals surface area contributed by atoms with E-state index in [-0.39, 0.29) is 30.1 Å². The van der Waals surface area contributed by atoms with Gasteiger partial charge < -0.3 is 16.4 Å². The van der Waals surface area contributed by atoms with E-state index >= 15 is 0 Å². The number of nitrogens with two attached hydrogens (primary N) is 1. The van der Waals surface area contributed by atoms with Crippen LogP contribution in [0, 0.1) is 5.92 Å². The predicted octanol–water partition coefficient (Wildman–Crippen LogP) is 1.99. The summed E-state index contributed by atoms with van der Waals surface area (Å²) in [7, 11) is 0. The Morgan fingerprint density at radius 3 is 1.84 bits per heavy atom. The molecule has 1 aromatic rings. The highest BCUT2D eigenvalue weighted by atomic mass is 35.5. The van der Waals surface area contributed by atoms with E-state index in [1.54, 1.807) is 24.3 Å². The van der Waals surface area contributed by atoms with Gasteiger partial charge in [-0.1, -0.05) is 13.8 Å². The Balaban J connectivity index is 0.00000324. The number of halogens is 1. The van der Waals surface area contributed by atoms with Crippen molar-refractivity contribution in [2.24, 2.45) is 11.7 Å². The van der Waals surface area contributed by atoms with Gasteiger partial charge in [0, 0.05) is 18.3 Å². The Hall–Kier alpha value is -1.59. The molecule has 6 heteroatoms. The molecule has 2 amide bonds. The molecule has 1 rings (SSSR count). The first-order chi connectivity index (χ1) is 8.40. The lowest BCUT2D eigenvalue weighted by atomic mass is 10.0. The summed E-state index contributed by atoms with van der Waals surface area (Å²) < 4.78 is 0. The van der Waals surface area contributed by atoms with E-state index in [9.17, 15) is 9.59 Å². The van der Waals surface area contributed by atoms with Gasteiger partial charge in [0.1, 0.15) is 0 Å². The molecule has 0 aliphatic heterocycles. The fraction of sp³-hybridized carbons (Fsp3) is 0.385. The van der Waals surface area contributed by atoms with E-state index in [0.717, 1.165) is 0 Å². The lowest BCUT2D eigenvalue weighted by Crippen LogP contribution is -2.39. The zero-order valence-electron chi connectivity index (χ0n) is 11.3. The van der Waals surface area contributed by atoms with Crippen molar-refractivity contribution in [2.75, 3.05) is 10.6 Å². The van der Waals surface area contributed by atoms with Crippen LogP contribution in [-0.4, -0.2) is 17.9 Å². The van der Waals surface area contributed by atoms with Gasteiger partial charge in [0.05, 0.1) is 6.04 Å². The van der Waals surface area contributed by atoms with E-state index in [1.165, 1.54) is 6.92 Å². The van der Waals surface area contributed by atoms with Crippen LogP contribution in [0.4, 0.5) is 11.4 Å². The molecular formula is C13H20ClN3O2. The molecule has 0 heterocycles. The number of benzene rings is 1. The Labute approximate surface area is 119 Å². The van der Waals surface area contributed by atoms with Crippen molar-refractivity contribution in [3.05, 3.63) is 24.3 Å². The third-order valence-electron chi connectivity index (χ3n) is 2.49. The molecule has 106 valence electrons. The maximum Gasteiger partial charge on any atom is 0.241 e. The number of nitrogens with one attached hydrogen (secondary N) is 2. The molecule has 0 bridgehead atoms. The summed E-state index contributed by atoms with van der Waals surface area (Å²) in [5, 5.41) is 5.38. The van der Waals surface area contributed by atoms with Crippen molar-refractivity contribution in [1.29, 1.82) is 0 Å². The molecule has 0 saturated carbocycles. The zero-order chi connectivity index (χ0) is 13.7. The lowest BCUT2D eigenvalue weighted by molar-refractivity contribution is -0.118. The van der Waals surface area contributed by atoms with Crippen molar-refractivity contribution < 1.29 is 9.59 Å². The Kier molecular flexibility index (Phi) is 7.11. The van der Waals surface area contributed by atoms with Gasteiger partial charge in [0.15, 0.2) is 0 Å². The first-order valence-corrected chi connectivity index (χ1v) is 5.84. The highest BCUT2D eigenvalue weighted by molar-refractivity contribution is 5.95. The second kappa shape index (κ2) is 7.76. The van der Waals surface area contributed by atoms with Crippen LogP contribution < -0.4 is 16.4 Å². The van der Waals surface area contributed by atoms with Gasteiger partial charge in [-0.2, -0.15) is 0 Å². The minimum absolute atomic E-state index is 0. The summed E-state index contributed by atoms with van der Waals surface area (Å²) >= 11 is 0. The number of hydrogen-bond acceptors (Lipinski definition) is 3. The van der Waals surface area contributed by atoms with Gasteiger partial charge in [-0.15, -0.1) is 12.4 Å². The third-order valence-corrected chi connectivity index (χ3v) is 2.49. The fourth-order valence-corrected chi connectivity index (χ4v) is 1.37. The smallest absolute Gasteiger partial charge is 0.241 e. The number of rotatable bonds is 4. The van der Waals surface area contributed by atoms with Gasteiger partial charge in [-0.25, -0.2) is 0 Å². The summed E-state index contributed by atoms with van der Waals surface area (Å²) in [6.45, 7) is 5.23. The molecule has 0 aromatic heterocycles. The van der Waals surface area contributed by atoms with E-state index in [4.69, 9.17) is 5.73 Å². The molecule has 1 aromatic carbocycles. The number of anilines is 2. The molecule has 0 radical (unpaired) electrons. The largest absolute Gasteiger partial charge is 0.326 e. The molecular weight excluding hydrogens is 266 g/mol. The van der Waals surface area contributed by atoms with E-state index in [0.29, 0.717) is 11.4 Å². The van der Waals surface area contributed by atoms with Crippen LogP contribution in [-0.2, 0) is 9.59 Å². The van der Waals surface area contributed by atoms with Crippen LogP contribution >= 0.6 is 12.4 Å². The van der Waals surface area contributed by atoms with Crippen molar-refractivity contribution in [2.45, 2.75) is 26.8 Å². The first-order valence-electron chi connectivity index (χ1n) is 5.84. The van der Waals surface area contributed by atoms with Crippen LogP contribution in [0.25, 0.3) is 0 Å². The topological polar surface area (TPSA) is 84.2 Å². The second-order valence-corrected chi connectivity index (χ2v) is 4.52. The molecule has 0 spiro atoms. The summed E-state index contributed by atoms with van der Waals surface area (Å²) in [6.07, 6.45) is 0. The molecule has 4 N–H and O–H groups in total. The highest BCUT2D eigenvalue weighted by Gasteiger charge is 2.16. The third kappa shape index (κ3) is 5.72. The second-order valence-electron chi connectivity index (χ2n) is 4.52. The van der Waals surface area contributed by atoms with Crippen molar-refractivity contribution in [3.63, 3.8) is 0 Å². The number of carbonyl (C=O) groups excluding carboxylic acids is 2. The van der Waals surface area contributed by atoms with Crippen LogP contribution in [0.3, 0.4) is 0 Å². The molecule has 0 saturated heterocycles. The minimum atomic E-state index is -0.528. The standard InChI is InChI=1S/C13H19N3O2.ClH/c1-8(2)12(14)13(18)16-11-6-4-10(5-7-11)15-9(3)17;/h4-8,12H,14H2,1-3H3,(H,15,17)(H,16,18);1H/t12-;/m1./s1. The van der Waals surface area contributed by atoms with Gasteiger partial charge in [-0.3, -0.25) is 9.59 Å². The summed E-state index contributed by atoms with van der Waals surface area (Å²) in [5.74, 6) is -0.255. The van der Waals surface area contributed by atoms with Crippen LogP contribution in [0.15, 0.2) is 24.3 Å². The Bertz CT molecular complexity index is 432. The highest BCUT2D eigenvalue weighted by Crippen LogP contribution is 2.14. The summed E-state index contributed by atoms with van der Waals surface area (Å²) in [6, 6.07) is 6.35. The fourth-order valence-electron chi connectivity index (χ4n) is 1.37. The quantitative estimate of drug-likeness (QED) is 0.791. The van der Waals surface area contributed by atoms with Gasteiger partial charge in [0.2, 0.25) is 11.8 Å². The maximum atomic E-state index is 11.7. The van der Waals surface area contributed by atoms with Crippen LogP contribution in [0.2, 0.25) is 0 Å². The van der Waals surface area contributed by atoms with E-state index in [1.807, 2.05) is 13.8 Å². The van der Waals surface area contributed by atoms with Gasteiger partial charge in [0.25, 0.3) is 0 Å². The minimum Gasteiger partial charge on any atom is -0.326 e. The summed E-state index contributed by atoms with van der Waals surface area (Å²) in [5.41, 5.74) is 7.08. The summed E-state index contributed by atoms with van der Waals surface area (Å²) in [4.78, 5) is 22.6. The van der Waals surface area contributed by atoms with Crippen LogP contribution in [0.1, 0.15) is 20.8 Å². The van der Waals surface area contributed by atoms with E-state index < -0.39 is 6.04 Å².